The summed E-state index contributed by atoms with van der Waals surface area (Å²) >= 11 is 1.41. The first-order valence-electron chi connectivity index (χ1n) is 19.4. The van der Waals surface area contributed by atoms with E-state index in [1.807, 2.05) is 10.8 Å². The van der Waals surface area contributed by atoms with Gasteiger partial charge in [-0.25, -0.2) is 14.0 Å². The van der Waals surface area contributed by atoms with Crippen molar-refractivity contribution in [3.8, 4) is 0 Å². The summed E-state index contributed by atoms with van der Waals surface area (Å²) in [6.45, 7) is 6.33. The maximum absolute atomic E-state index is 15.3. The lowest BCUT2D eigenvalue weighted by molar-refractivity contribution is -0.150. The number of hydrogen-bond donors (Lipinski definition) is 4. The molecule has 18 heteroatoms. The molecule has 1 atom stereocenters. The van der Waals surface area contributed by atoms with Gasteiger partial charge >= 0.3 is 18.0 Å². The molecule has 4 amide bonds. The number of rotatable bonds is 16. The van der Waals surface area contributed by atoms with E-state index >= 15 is 4.39 Å². The van der Waals surface area contributed by atoms with Gasteiger partial charge in [-0.3, -0.25) is 24.0 Å². The average molecular weight is 845 g/mol. The van der Waals surface area contributed by atoms with Crippen molar-refractivity contribution in [2.75, 3.05) is 49.5 Å². The molecule has 16 nitrogen and oxygen atoms in total. The number of carboxylic acid groups (broad SMARTS) is 1. The number of aromatic carboxylic acids is 1. The number of piperazine rings is 1. The lowest BCUT2D eigenvalue weighted by Gasteiger charge is -2.39. The summed E-state index contributed by atoms with van der Waals surface area (Å²) in [5.74, 6) is -4.21. The van der Waals surface area contributed by atoms with E-state index in [1.165, 1.54) is 34.6 Å². The number of carboxylic acids is 1. The molecule has 4 N–H and O–H groups in total. The van der Waals surface area contributed by atoms with Gasteiger partial charge in [0.2, 0.25) is 23.2 Å². The molecule has 1 aliphatic carbocycles. The lowest BCUT2D eigenvalue weighted by atomic mass is 9.67. The highest BCUT2D eigenvalue weighted by molar-refractivity contribution is 7.08. The minimum atomic E-state index is -1.39. The third-order valence-electron chi connectivity index (χ3n) is 10.7. The van der Waals surface area contributed by atoms with Crippen molar-refractivity contribution in [1.82, 2.24) is 20.1 Å². The number of benzene rings is 2. The van der Waals surface area contributed by atoms with Crippen LogP contribution < -0.4 is 26.3 Å². The molecule has 1 saturated carbocycles. The topological polar surface area (TPSA) is 206 Å². The van der Waals surface area contributed by atoms with Crippen LogP contribution in [0.5, 0.6) is 0 Å². The number of nitrogens with one attached hydrogen (secondary N) is 3. The summed E-state index contributed by atoms with van der Waals surface area (Å²) in [6, 6.07) is 10.3. The molecule has 1 unspecified atom stereocenters. The monoisotopic (exact) mass is 844 g/mol. The summed E-state index contributed by atoms with van der Waals surface area (Å²) in [6.07, 6.45) is 3.24. The number of aryl methyl sites for hydroxylation is 1. The number of anilines is 2. The fourth-order valence-electron chi connectivity index (χ4n) is 7.13. The summed E-state index contributed by atoms with van der Waals surface area (Å²) in [7, 11) is 0. The molecule has 316 valence electrons. The quantitative estimate of drug-likeness (QED) is 0.0698. The second kappa shape index (κ2) is 19.0. The van der Waals surface area contributed by atoms with E-state index in [1.54, 1.807) is 46.7 Å². The second-order valence-corrected chi connectivity index (χ2v) is 15.2. The maximum Gasteiger partial charge on any atom is 0.410 e. The smallest absolute Gasteiger partial charge is 0.410 e. The van der Waals surface area contributed by atoms with Gasteiger partial charge in [-0.05, 0) is 72.0 Å². The van der Waals surface area contributed by atoms with Gasteiger partial charge in [0.05, 0.1) is 30.2 Å². The summed E-state index contributed by atoms with van der Waals surface area (Å²) in [5.41, 5.74) is -0.141. The van der Waals surface area contributed by atoms with Gasteiger partial charge in [0.25, 0.3) is 0 Å². The predicted molar refractivity (Wildman–Crippen MR) is 220 cm³/mol. The van der Waals surface area contributed by atoms with Crippen LogP contribution >= 0.6 is 11.3 Å². The molecule has 0 spiro atoms. The van der Waals surface area contributed by atoms with Gasteiger partial charge in [-0.1, -0.05) is 31.2 Å². The first kappa shape index (κ1) is 43.0. The molecule has 0 bridgehead atoms. The Morgan fingerprint density at radius 3 is 2.37 bits per heavy atom. The number of carbonyl (C=O) groups excluding carboxylic acids is 5. The molecule has 60 heavy (non-hydrogen) atoms. The minimum absolute atomic E-state index is 0.0253. The van der Waals surface area contributed by atoms with Gasteiger partial charge in [-0.15, -0.1) is 0 Å². The van der Waals surface area contributed by atoms with Crippen LogP contribution in [0.3, 0.4) is 0 Å². The van der Waals surface area contributed by atoms with Gasteiger partial charge in [0.1, 0.15) is 30.0 Å². The Morgan fingerprint density at radius 2 is 1.75 bits per heavy atom. The molecule has 0 radical (unpaired) electrons. The highest BCUT2D eigenvalue weighted by Crippen LogP contribution is 2.42. The number of hydrogen-bond acceptors (Lipinski definition) is 11. The number of nitrogens with zero attached hydrogens (tertiary/aromatic N) is 3. The summed E-state index contributed by atoms with van der Waals surface area (Å²) < 4.78 is 27.5. The van der Waals surface area contributed by atoms with E-state index in [-0.39, 0.29) is 63.4 Å². The van der Waals surface area contributed by atoms with E-state index in [9.17, 15) is 38.7 Å². The number of amides is 4. The fourth-order valence-corrected chi connectivity index (χ4v) is 7.84. The molecule has 4 aromatic rings. The van der Waals surface area contributed by atoms with Crippen molar-refractivity contribution < 1.29 is 47.7 Å². The number of fused-ring (bicyclic) bond motifs is 1. The Hall–Kier alpha value is -6.56. The van der Waals surface area contributed by atoms with Gasteiger partial charge in [0, 0.05) is 50.0 Å². The molecule has 2 aromatic carbocycles. The van der Waals surface area contributed by atoms with E-state index in [4.69, 9.17) is 9.47 Å². The Labute approximate surface area is 347 Å². The molecule has 1 aliphatic heterocycles. The maximum atomic E-state index is 15.3. The van der Waals surface area contributed by atoms with E-state index < -0.39 is 64.0 Å². The van der Waals surface area contributed by atoms with Crippen LogP contribution in [0.25, 0.3) is 10.9 Å². The molecule has 2 fully saturated rings. The molecular formula is C42H45FN6O10S. The summed E-state index contributed by atoms with van der Waals surface area (Å²) in [4.78, 5) is 92.4. The van der Waals surface area contributed by atoms with Crippen molar-refractivity contribution in [3.63, 3.8) is 0 Å². The molecule has 2 aromatic heterocycles. The number of thiophene rings is 1. The van der Waals surface area contributed by atoms with Crippen LogP contribution in [0, 0.1) is 11.2 Å². The van der Waals surface area contributed by atoms with Crippen LogP contribution in [0.15, 0.2) is 76.9 Å². The van der Waals surface area contributed by atoms with Crippen molar-refractivity contribution >= 4 is 69.4 Å². The molecule has 1 saturated heterocycles. The first-order chi connectivity index (χ1) is 28.8. The number of halogens is 1. The van der Waals surface area contributed by atoms with E-state index in [0.29, 0.717) is 48.1 Å². The van der Waals surface area contributed by atoms with E-state index in [2.05, 4.69) is 22.5 Å². The molecule has 6 rings (SSSR count). The zero-order valence-electron chi connectivity index (χ0n) is 32.9. The Bertz CT molecular complexity index is 2340. The minimum Gasteiger partial charge on any atom is -0.477 e. The molecule has 2 aliphatic rings. The third-order valence-corrected chi connectivity index (χ3v) is 11.4. The van der Waals surface area contributed by atoms with Crippen LogP contribution in [0.4, 0.5) is 20.6 Å². The SMILES string of the molecule is C=CCOC(=O)CC(NC(=O)C1(C(=O)NCC(=O)Nc2ccc(COC(=O)N3CCN(c4cc5c(cc4F)c(=O)c(C(=O)O)cn5CC)CC3)cc2)CCC1)c1ccsc1. The van der Waals surface area contributed by atoms with E-state index in [0.717, 1.165) is 6.07 Å². The molecular weight excluding hydrogens is 800 g/mol. The number of esters is 1. The number of ether oxygens (including phenoxy) is 2. The van der Waals surface area contributed by atoms with Gasteiger partial charge in [-0.2, -0.15) is 11.3 Å². The average Bonchev–Trinajstić information content (AvgIpc) is 3.77. The Morgan fingerprint density at radius 1 is 1.02 bits per heavy atom. The summed E-state index contributed by atoms with van der Waals surface area (Å²) in [5, 5.41) is 21.1. The Kier molecular flexibility index (Phi) is 13.6. The van der Waals surface area contributed by atoms with Gasteiger partial charge in [0.15, 0.2) is 0 Å². The predicted octanol–water partition coefficient (Wildman–Crippen LogP) is 4.58. The number of pyridine rings is 1. The standard InChI is InChI=1S/C42H45FN6O10S/c1-3-17-58-36(51)20-32(27-10-18-60-25-27)46-40(56)42(11-5-12-42)39(55)44-22-35(50)45-28-8-6-26(7-9-28)24-59-41(57)49-15-13-48(14-16-49)34-21-33-29(19-31(34)43)37(52)30(38(53)54)23-47(33)4-2/h3,6-10,18-19,21,23,25,32H,1,4-5,11-17,20,22,24H2,2H3,(H,44,55)(H,45,50)(H,46,56)(H,53,54). The van der Waals surface area contributed by atoms with Gasteiger partial charge < -0.3 is 44.9 Å². The van der Waals surface area contributed by atoms with Crippen molar-refractivity contribution in [3.05, 3.63) is 105 Å². The zero-order valence-corrected chi connectivity index (χ0v) is 33.7. The highest BCUT2D eigenvalue weighted by Gasteiger charge is 2.51. The highest BCUT2D eigenvalue weighted by atomic mass is 32.1. The Balaban J connectivity index is 0.955. The second-order valence-electron chi connectivity index (χ2n) is 14.4. The first-order valence-corrected chi connectivity index (χ1v) is 20.3. The normalized spacial score (nSPS) is 15.0. The number of carbonyl (C=O) groups is 6. The lowest BCUT2D eigenvalue weighted by Crippen LogP contribution is -2.56. The molecule has 3 heterocycles. The largest absolute Gasteiger partial charge is 0.477 e. The van der Waals surface area contributed by atoms with Crippen LogP contribution in [0.1, 0.15) is 60.1 Å². The number of aromatic nitrogens is 1. The van der Waals surface area contributed by atoms with Crippen LogP contribution in [0.2, 0.25) is 0 Å². The van der Waals surface area contributed by atoms with Crippen molar-refractivity contribution in [2.45, 2.75) is 51.8 Å². The van der Waals surface area contributed by atoms with Crippen molar-refractivity contribution in [2.24, 2.45) is 5.41 Å². The van der Waals surface area contributed by atoms with Crippen LogP contribution in [-0.2, 0) is 41.8 Å². The van der Waals surface area contributed by atoms with Crippen LogP contribution in [-0.4, -0.2) is 89.7 Å². The fraction of sp³-hybridized carbons (Fsp3) is 0.357. The third kappa shape index (κ3) is 9.65. The van der Waals surface area contributed by atoms with Crippen molar-refractivity contribution in [1.29, 1.82) is 0 Å². The zero-order chi connectivity index (χ0) is 43.0.